The maximum atomic E-state index is 13.9. The summed E-state index contributed by atoms with van der Waals surface area (Å²) in [6, 6.07) is 10.2. The first kappa shape index (κ1) is 39.6. The van der Waals surface area contributed by atoms with Gasteiger partial charge in [-0.25, -0.2) is 13.4 Å². The van der Waals surface area contributed by atoms with Gasteiger partial charge in [0.25, 0.3) is 5.91 Å². The molecule has 0 spiro atoms. The topological polar surface area (TPSA) is 147 Å². The highest BCUT2D eigenvalue weighted by Gasteiger charge is 2.41. The number of nitrogens with zero attached hydrogens (tertiary/aromatic N) is 3. The molecule has 278 valence electrons. The van der Waals surface area contributed by atoms with Gasteiger partial charge in [0.1, 0.15) is 22.3 Å². The number of esters is 1. The number of nitrogens with one attached hydrogen (secondary N) is 2. The van der Waals surface area contributed by atoms with Crippen LogP contribution in [-0.4, -0.2) is 79.7 Å². The number of amides is 2. The first-order chi connectivity index (χ1) is 23.7. The molecule has 1 saturated heterocycles. The molecule has 1 aromatic heterocycles. The van der Waals surface area contributed by atoms with Crippen molar-refractivity contribution in [1.29, 1.82) is 0 Å². The molecule has 51 heavy (non-hydrogen) atoms. The zero-order valence-electron chi connectivity index (χ0n) is 29.2. The number of hydrogen-bond acceptors (Lipinski definition) is 10. The Morgan fingerprint density at radius 3 is 2.24 bits per heavy atom. The largest absolute Gasteiger partial charge is 0.573 e. The lowest BCUT2D eigenvalue weighted by atomic mass is 10.0. The molecule has 1 fully saturated rings. The van der Waals surface area contributed by atoms with Crippen molar-refractivity contribution in [2.24, 2.45) is 0 Å². The number of carbonyl (C=O) groups is 3. The molecular formula is C34H42F3N5O7S2. The van der Waals surface area contributed by atoms with Gasteiger partial charge in [0.05, 0.1) is 17.0 Å². The van der Waals surface area contributed by atoms with Crippen molar-refractivity contribution in [1.82, 2.24) is 19.9 Å². The highest BCUT2D eigenvalue weighted by atomic mass is 32.2. The first-order valence-corrected chi connectivity index (χ1v) is 18.5. The normalized spacial score (nSPS) is 15.8. The van der Waals surface area contributed by atoms with E-state index in [4.69, 9.17) is 4.74 Å². The molecule has 0 saturated carbocycles. The number of aryl methyl sites for hydroxylation is 1. The first-order valence-electron chi connectivity index (χ1n) is 16.2. The number of sulfonamides is 1. The van der Waals surface area contributed by atoms with Crippen molar-refractivity contribution in [3.63, 3.8) is 0 Å². The van der Waals surface area contributed by atoms with E-state index < -0.39 is 51.6 Å². The molecule has 2 amide bonds. The second-order valence-corrected chi connectivity index (χ2v) is 16.1. The van der Waals surface area contributed by atoms with Gasteiger partial charge >= 0.3 is 12.3 Å². The standard InChI is InChI=1S/C34H42F3N5O7S2/c1-21(2)24-9-7-23(8-10-24)19-39-30(44)27-20-41(17-18-42(27)51(46,47)26-13-11-25(12-14-26)48-34(35,36)37)32-40-22(3)29(50-32)31(45)38-16-15-28(43)49-33(4,5)6/h7-14,21,27H,15-20H2,1-6H3,(H,38,45)(H,39,44). The molecule has 1 aliphatic rings. The third-order valence-corrected chi connectivity index (χ3v) is 10.8. The van der Waals surface area contributed by atoms with Gasteiger partial charge in [-0.3, -0.25) is 14.4 Å². The molecule has 1 atom stereocenters. The van der Waals surface area contributed by atoms with Gasteiger partial charge in [-0.05, 0) is 69.0 Å². The van der Waals surface area contributed by atoms with Gasteiger partial charge in [0.15, 0.2) is 5.13 Å². The number of rotatable bonds is 12. The smallest absolute Gasteiger partial charge is 0.460 e. The van der Waals surface area contributed by atoms with Crippen LogP contribution in [0.3, 0.4) is 0 Å². The molecule has 1 aliphatic heterocycles. The summed E-state index contributed by atoms with van der Waals surface area (Å²) in [6.45, 7) is 11.0. The lowest BCUT2D eigenvalue weighted by Gasteiger charge is -2.39. The van der Waals surface area contributed by atoms with Crippen LogP contribution in [0.25, 0.3) is 0 Å². The van der Waals surface area contributed by atoms with E-state index in [9.17, 15) is 36.0 Å². The van der Waals surface area contributed by atoms with E-state index in [1.54, 1.807) is 32.6 Å². The molecule has 4 rings (SSSR count). The number of halogens is 3. The van der Waals surface area contributed by atoms with Crippen molar-refractivity contribution in [3.8, 4) is 5.75 Å². The Bertz CT molecular complexity index is 1810. The Hall–Kier alpha value is -4.22. The van der Waals surface area contributed by atoms with E-state index in [0.717, 1.165) is 51.0 Å². The summed E-state index contributed by atoms with van der Waals surface area (Å²) < 4.78 is 76.0. The second-order valence-electron chi connectivity index (χ2n) is 13.2. The zero-order valence-corrected chi connectivity index (χ0v) is 30.8. The van der Waals surface area contributed by atoms with Gasteiger partial charge in [-0.15, -0.1) is 13.2 Å². The predicted octanol–water partition coefficient (Wildman–Crippen LogP) is 5.13. The minimum absolute atomic E-state index is 0.0269. The van der Waals surface area contributed by atoms with Crippen LogP contribution in [0.15, 0.2) is 53.4 Å². The average molecular weight is 754 g/mol. The number of anilines is 1. The summed E-state index contributed by atoms with van der Waals surface area (Å²) in [5.41, 5.74) is 1.67. The fraction of sp³-hybridized carbons (Fsp3) is 0.471. The van der Waals surface area contributed by atoms with E-state index in [1.807, 2.05) is 24.3 Å². The quantitative estimate of drug-likeness (QED) is 0.240. The van der Waals surface area contributed by atoms with E-state index in [1.165, 1.54) is 0 Å². The van der Waals surface area contributed by atoms with Crippen LogP contribution in [0.5, 0.6) is 5.75 Å². The van der Waals surface area contributed by atoms with Crippen LogP contribution >= 0.6 is 11.3 Å². The van der Waals surface area contributed by atoms with Crippen molar-refractivity contribution in [2.45, 2.75) is 83.3 Å². The number of thiazole rings is 1. The van der Waals surface area contributed by atoms with E-state index in [0.29, 0.717) is 16.7 Å². The molecule has 2 N–H and O–H groups in total. The van der Waals surface area contributed by atoms with Gasteiger partial charge in [-0.2, -0.15) is 4.31 Å². The molecule has 2 heterocycles. The molecule has 3 aromatic rings. The van der Waals surface area contributed by atoms with Crippen LogP contribution < -0.4 is 20.3 Å². The molecule has 17 heteroatoms. The second kappa shape index (κ2) is 16.0. The Morgan fingerprint density at radius 1 is 1.00 bits per heavy atom. The molecule has 2 aromatic carbocycles. The average Bonchev–Trinajstić information content (AvgIpc) is 3.43. The lowest BCUT2D eigenvalue weighted by molar-refractivity contribution is -0.274. The van der Waals surface area contributed by atoms with Gasteiger partial charge in [-0.1, -0.05) is 49.4 Å². The maximum Gasteiger partial charge on any atom is 0.573 e. The van der Waals surface area contributed by atoms with Crippen molar-refractivity contribution >= 4 is 44.3 Å². The number of alkyl halides is 3. The molecule has 0 aliphatic carbocycles. The maximum absolute atomic E-state index is 13.9. The Labute approximate surface area is 299 Å². The van der Waals surface area contributed by atoms with Gasteiger partial charge in [0, 0.05) is 32.7 Å². The minimum atomic E-state index is -4.95. The summed E-state index contributed by atoms with van der Waals surface area (Å²) in [5.74, 6) is -1.78. The van der Waals surface area contributed by atoms with Crippen LogP contribution in [-0.2, 0) is 30.9 Å². The molecule has 1 unspecified atom stereocenters. The number of piperazine rings is 1. The van der Waals surface area contributed by atoms with Gasteiger partial charge < -0.3 is 25.0 Å². The van der Waals surface area contributed by atoms with E-state index in [-0.39, 0.29) is 48.9 Å². The number of benzene rings is 2. The van der Waals surface area contributed by atoms with Crippen molar-refractivity contribution in [2.75, 3.05) is 31.1 Å². The molecular weight excluding hydrogens is 712 g/mol. The van der Waals surface area contributed by atoms with E-state index >= 15 is 0 Å². The highest BCUT2D eigenvalue weighted by Crippen LogP contribution is 2.31. The van der Waals surface area contributed by atoms with E-state index in [2.05, 4.69) is 34.2 Å². The monoisotopic (exact) mass is 753 g/mol. The lowest BCUT2D eigenvalue weighted by Crippen LogP contribution is -2.60. The summed E-state index contributed by atoms with van der Waals surface area (Å²) >= 11 is 1.06. The molecule has 0 radical (unpaired) electrons. The number of ether oxygens (including phenoxy) is 2. The number of carbonyl (C=O) groups excluding carboxylic acids is 3. The predicted molar refractivity (Wildman–Crippen MR) is 185 cm³/mol. The van der Waals surface area contributed by atoms with Gasteiger partial charge in [0.2, 0.25) is 15.9 Å². The van der Waals surface area contributed by atoms with Crippen LogP contribution in [0, 0.1) is 6.92 Å². The SMILES string of the molecule is Cc1nc(N2CCN(S(=O)(=O)c3ccc(OC(F)(F)F)cc3)C(C(=O)NCc3ccc(C(C)C)cc3)C2)sc1C(=O)NCCC(=O)OC(C)(C)C. The summed E-state index contributed by atoms with van der Waals surface area (Å²) in [5, 5.41) is 5.90. The zero-order chi connectivity index (χ0) is 37.7. The number of hydrogen-bond donors (Lipinski definition) is 2. The summed E-state index contributed by atoms with van der Waals surface area (Å²) in [4.78, 5) is 45.0. The fourth-order valence-corrected chi connectivity index (χ4v) is 7.78. The summed E-state index contributed by atoms with van der Waals surface area (Å²) in [6.07, 6.45) is -4.98. The van der Waals surface area contributed by atoms with Crippen molar-refractivity contribution in [3.05, 3.63) is 70.2 Å². The Morgan fingerprint density at radius 2 is 1.65 bits per heavy atom. The molecule has 12 nitrogen and oxygen atoms in total. The third-order valence-electron chi connectivity index (χ3n) is 7.71. The van der Waals surface area contributed by atoms with Crippen LogP contribution in [0.4, 0.5) is 18.3 Å². The van der Waals surface area contributed by atoms with Crippen molar-refractivity contribution < 1.29 is 45.4 Å². The fourth-order valence-electron chi connectivity index (χ4n) is 5.20. The highest BCUT2D eigenvalue weighted by molar-refractivity contribution is 7.89. The Balaban J connectivity index is 1.53. The minimum Gasteiger partial charge on any atom is -0.460 e. The number of aromatic nitrogens is 1. The van der Waals surface area contributed by atoms with Crippen LogP contribution in [0.2, 0.25) is 0 Å². The molecule has 0 bridgehead atoms. The summed E-state index contributed by atoms with van der Waals surface area (Å²) in [7, 11) is -4.38. The van der Waals surface area contributed by atoms with Crippen LogP contribution in [0.1, 0.15) is 73.4 Å². The third kappa shape index (κ3) is 10.9. The Kier molecular flexibility index (Phi) is 12.4.